The molecule has 1 saturated carbocycles. The van der Waals surface area contributed by atoms with E-state index in [4.69, 9.17) is 11.6 Å². The molecule has 1 aromatic rings. The molecule has 0 N–H and O–H groups in total. The van der Waals surface area contributed by atoms with Gasteiger partial charge in [-0.3, -0.25) is 0 Å². The molecule has 0 spiro atoms. The number of anilines is 1. The molecule has 2 heterocycles. The smallest absolute Gasteiger partial charge is 0.160 e. The number of piperidine rings is 1. The molecular formula is C16H24ClFN2. The van der Waals surface area contributed by atoms with E-state index < -0.39 is 5.82 Å². The van der Waals surface area contributed by atoms with Crippen LogP contribution in [0.4, 0.5) is 10.2 Å². The van der Waals surface area contributed by atoms with Crippen molar-refractivity contribution >= 4 is 17.4 Å². The van der Waals surface area contributed by atoms with Crippen LogP contribution in [0.15, 0.2) is 12.3 Å². The van der Waals surface area contributed by atoms with Crippen molar-refractivity contribution in [3.05, 3.63) is 23.1 Å². The van der Waals surface area contributed by atoms with Crippen LogP contribution in [0.5, 0.6) is 0 Å². The van der Waals surface area contributed by atoms with Crippen LogP contribution in [0, 0.1) is 29.0 Å². The normalized spacial score (nSPS) is 27.8. The molecular weight excluding hydrogens is 275 g/mol. The number of hydrogen-bond acceptors (Lipinski definition) is 2. The molecule has 1 saturated heterocycles. The Hall–Kier alpha value is -0.830. The van der Waals surface area contributed by atoms with Crippen LogP contribution in [0.1, 0.15) is 34.6 Å². The predicted molar refractivity (Wildman–Crippen MR) is 82.7 cm³/mol. The van der Waals surface area contributed by atoms with Crippen LogP contribution in [-0.4, -0.2) is 18.1 Å². The van der Waals surface area contributed by atoms with Crippen molar-refractivity contribution < 1.29 is 4.39 Å². The highest BCUT2D eigenvalue weighted by Crippen LogP contribution is 2.60. The fraction of sp³-hybridized carbons (Fsp3) is 0.688. The molecule has 2 nitrogen and oxygen atoms in total. The summed E-state index contributed by atoms with van der Waals surface area (Å²) >= 11 is 5.80. The second-order valence-electron chi connectivity index (χ2n) is 6.58. The summed E-state index contributed by atoms with van der Waals surface area (Å²) in [6, 6.07) is 1.63. The third-order valence-corrected chi connectivity index (χ3v) is 4.60. The minimum Gasteiger partial charge on any atom is -0.356 e. The second kappa shape index (κ2) is 5.51. The molecule has 20 heavy (non-hydrogen) atoms. The van der Waals surface area contributed by atoms with E-state index in [9.17, 15) is 4.39 Å². The Kier molecular flexibility index (Phi) is 4.29. The van der Waals surface area contributed by atoms with Gasteiger partial charge in [-0.05, 0) is 23.2 Å². The van der Waals surface area contributed by atoms with Crippen LogP contribution >= 0.6 is 11.6 Å². The Morgan fingerprint density at radius 1 is 1.25 bits per heavy atom. The average molecular weight is 299 g/mol. The third kappa shape index (κ3) is 2.78. The molecule has 1 aliphatic carbocycles. The van der Waals surface area contributed by atoms with Gasteiger partial charge in [-0.15, -0.1) is 0 Å². The standard InChI is InChI=1S/C14H18ClFN2.C2H6/c1-14(2,3)13-8-6-18(7-9(8)13)12-4-10(15)11(16)5-17-12;1-2/h4-5,8-9,13H,6-7H2,1-3H3;1-2H3. The van der Waals surface area contributed by atoms with E-state index in [1.807, 2.05) is 13.8 Å². The van der Waals surface area contributed by atoms with E-state index in [1.54, 1.807) is 6.07 Å². The fourth-order valence-corrected chi connectivity index (χ4v) is 3.72. The molecule has 3 rings (SSSR count). The summed E-state index contributed by atoms with van der Waals surface area (Å²) in [6.07, 6.45) is 1.21. The Labute approximate surface area is 126 Å². The summed E-state index contributed by atoms with van der Waals surface area (Å²) in [4.78, 5) is 6.35. The Balaban J connectivity index is 0.000000704. The molecule has 112 valence electrons. The number of aromatic nitrogens is 1. The number of hydrogen-bond donors (Lipinski definition) is 0. The minimum atomic E-state index is -0.447. The lowest BCUT2D eigenvalue weighted by atomic mass is 9.87. The topological polar surface area (TPSA) is 16.1 Å². The van der Waals surface area contributed by atoms with E-state index in [0.717, 1.165) is 36.7 Å². The van der Waals surface area contributed by atoms with Crippen molar-refractivity contribution in [2.45, 2.75) is 34.6 Å². The van der Waals surface area contributed by atoms with Gasteiger partial charge in [0.2, 0.25) is 0 Å². The molecule has 0 amide bonds. The largest absolute Gasteiger partial charge is 0.356 e. The van der Waals surface area contributed by atoms with E-state index >= 15 is 0 Å². The lowest BCUT2D eigenvalue weighted by molar-refractivity contribution is 0.309. The zero-order valence-corrected chi connectivity index (χ0v) is 13.7. The average Bonchev–Trinajstić information content (AvgIpc) is 2.93. The van der Waals surface area contributed by atoms with Gasteiger partial charge in [-0.25, -0.2) is 9.37 Å². The van der Waals surface area contributed by atoms with E-state index in [1.165, 1.54) is 6.20 Å². The van der Waals surface area contributed by atoms with Crippen molar-refractivity contribution in [2.24, 2.45) is 23.2 Å². The van der Waals surface area contributed by atoms with Crippen LogP contribution in [0.3, 0.4) is 0 Å². The van der Waals surface area contributed by atoms with E-state index in [0.29, 0.717) is 5.41 Å². The van der Waals surface area contributed by atoms with Gasteiger partial charge in [-0.1, -0.05) is 46.2 Å². The molecule has 0 radical (unpaired) electrons. The maximum Gasteiger partial charge on any atom is 0.160 e. The van der Waals surface area contributed by atoms with Crippen LogP contribution in [0.2, 0.25) is 5.02 Å². The summed E-state index contributed by atoms with van der Waals surface area (Å²) in [7, 11) is 0. The van der Waals surface area contributed by atoms with Crippen LogP contribution in [-0.2, 0) is 0 Å². The van der Waals surface area contributed by atoms with Crippen LogP contribution < -0.4 is 4.90 Å². The molecule has 1 aromatic heterocycles. The second-order valence-corrected chi connectivity index (χ2v) is 6.99. The summed E-state index contributed by atoms with van der Waals surface area (Å²) in [5.74, 6) is 2.73. The molecule has 2 atom stereocenters. The Bertz CT molecular complexity index is 472. The number of nitrogens with zero attached hydrogens (tertiary/aromatic N) is 2. The summed E-state index contributed by atoms with van der Waals surface area (Å²) < 4.78 is 13.1. The number of fused-ring (bicyclic) bond motifs is 1. The van der Waals surface area contributed by atoms with Crippen molar-refractivity contribution in [2.75, 3.05) is 18.0 Å². The lowest BCUT2D eigenvalue weighted by Gasteiger charge is -2.26. The van der Waals surface area contributed by atoms with Gasteiger partial charge in [0.1, 0.15) is 5.82 Å². The van der Waals surface area contributed by atoms with Gasteiger partial charge in [0.05, 0.1) is 11.2 Å². The van der Waals surface area contributed by atoms with E-state index in [2.05, 4.69) is 30.7 Å². The Morgan fingerprint density at radius 2 is 1.80 bits per heavy atom. The zero-order chi connectivity index (χ0) is 15.1. The maximum absolute atomic E-state index is 13.1. The first kappa shape index (κ1) is 15.6. The zero-order valence-electron chi connectivity index (χ0n) is 13.0. The van der Waals surface area contributed by atoms with Crippen molar-refractivity contribution in [1.82, 2.24) is 4.98 Å². The summed E-state index contributed by atoms with van der Waals surface area (Å²) in [6.45, 7) is 13.0. The third-order valence-electron chi connectivity index (χ3n) is 4.31. The molecule has 2 unspecified atom stereocenters. The highest BCUT2D eigenvalue weighted by Gasteiger charge is 2.59. The van der Waals surface area contributed by atoms with Gasteiger partial charge in [-0.2, -0.15) is 0 Å². The van der Waals surface area contributed by atoms with Gasteiger partial charge < -0.3 is 4.90 Å². The summed E-state index contributed by atoms with van der Waals surface area (Å²) in [5, 5.41) is 0.160. The van der Waals surface area contributed by atoms with E-state index in [-0.39, 0.29) is 5.02 Å². The quantitative estimate of drug-likeness (QED) is 0.751. The monoisotopic (exact) mass is 298 g/mol. The number of pyridine rings is 1. The van der Waals surface area contributed by atoms with Gasteiger partial charge >= 0.3 is 0 Å². The Morgan fingerprint density at radius 3 is 2.25 bits per heavy atom. The first-order chi connectivity index (χ1) is 9.38. The summed E-state index contributed by atoms with van der Waals surface area (Å²) in [5.41, 5.74) is 0.398. The highest BCUT2D eigenvalue weighted by atomic mass is 35.5. The van der Waals surface area contributed by atoms with Crippen molar-refractivity contribution in [3.63, 3.8) is 0 Å². The highest BCUT2D eigenvalue weighted by molar-refractivity contribution is 6.30. The maximum atomic E-state index is 13.1. The van der Waals surface area contributed by atoms with Gasteiger partial charge in [0.25, 0.3) is 0 Å². The minimum absolute atomic E-state index is 0.160. The fourth-order valence-electron chi connectivity index (χ4n) is 3.57. The lowest BCUT2D eigenvalue weighted by Crippen LogP contribution is -2.28. The molecule has 1 aliphatic heterocycles. The van der Waals surface area contributed by atoms with Gasteiger partial charge in [0, 0.05) is 19.2 Å². The molecule has 0 bridgehead atoms. The molecule has 4 heteroatoms. The number of halogens is 2. The molecule has 2 fully saturated rings. The van der Waals surface area contributed by atoms with Crippen LogP contribution in [0.25, 0.3) is 0 Å². The first-order valence-electron chi connectivity index (χ1n) is 7.44. The molecule has 0 aromatic carbocycles. The van der Waals surface area contributed by atoms with Gasteiger partial charge in [0.15, 0.2) is 5.82 Å². The SMILES string of the molecule is CC.CC(C)(C)C1C2CN(c3cc(Cl)c(F)cn3)CC21. The van der Waals surface area contributed by atoms with Crippen molar-refractivity contribution in [3.8, 4) is 0 Å². The number of rotatable bonds is 1. The molecule has 2 aliphatic rings. The first-order valence-corrected chi connectivity index (χ1v) is 7.81. The van der Waals surface area contributed by atoms with Crippen molar-refractivity contribution in [1.29, 1.82) is 0 Å². The predicted octanol–water partition coefficient (Wildman–Crippen LogP) is 4.63.